The molecule has 108 valence electrons. The molecule has 20 heavy (non-hydrogen) atoms. The molecule has 1 atom stereocenters. The van der Waals surface area contributed by atoms with Gasteiger partial charge in [0.25, 0.3) is 0 Å². The van der Waals surface area contributed by atoms with Gasteiger partial charge in [-0.25, -0.2) is 9.18 Å². The normalized spacial score (nSPS) is 20.4. The minimum atomic E-state index is -1.10. The highest BCUT2D eigenvalue weighted by atomic mass is 19.1. The molecule has 1 saturated heterocycles. The first-order chi connectivity index (χ1) is 9.54. The maximum atomic E-state index is 13.6. The molecule has 2 rings (SSSR count). The van der Waals surface area contributed by atoms with Crippen LogP contribution in [-0.2, 0) is 11.3 Å². The minimum absolute atomic E-state index is 0.266. The van der Waals surface area contributed by atoms with Gasteiger partial charge in [0, 0.05) is 24.7 Å². The fraction of sp³-hybridized carbons (Fsp3) is 0.400. The summed E-state index contributed by atoms with van der Waals surface area (Å²) in [5.41, 5.74) is 1.17. The third-order valence-electron chi connectivity index (χ3n) is 3.35. The number of hydrogen-bond acceptors (Lipinski definition) is 3. The van der Waals surface area contributed by atoms with Crippen LogP contribution in [0.3, 0.4) is 0 Å². The van der Waals surface area contributed by atoms with E-state index in [0.29, 0.717) is 13.1 Å². The van der Waals surface area contributed by atoms with Gasteiger partial charge in [-0.15, -0.1) is 0 Å². The van der Waals surface area contributed by atoms with E-state index in [1.54, 1.807) is 12.1 Å². The number of aliphatic hydroxyl groups excluding tert-OH is 1. The fourth-order valence-corrected chi connectivity index (χ4v) is 2.41. The molecule has 0 aliphatic carbocycles. The van der Waals surface area contributed by atoms with Crippen molar-refractivity contribution in [3.63, 3.8) is 0 Å². The molecule has 4 nitrogen and oxygen atoms in total. The van der Waals surface area contributed by atoms with E-state index in [4.69, 9.17) is 5.11 Å². The summed E-state index contributed by atoms with van der Waals surface area (Å²) in [4.78, 5) is 12.6. The second kappa shape index (κ2) is 6.63. The van der Waals surface area contributed by atoms with Crippen molar-refractivity contribution in [1.82, 2.24) is 4.90 Å². The maximum absolute atomic E-state index is 13.6. The van der Waals surface area contributed by atoms with Crippen LogP contribution in [0.2, 0.25) is 0 Å². The number of aliphatic hydroxyl groups is 1. The highest BCUT2D eigenvalue weighted by molar-refractivity contribution is 5.85. The zero-order valence-corrected chi connectivity index (χ0v) is 11.1. The highest BCUT2D eigenvalue weighted by Gasteiger charge is 2.17. The lowest BCUT2D eigenvalue weighted by atomic mass is 10.1. The van der Waals surface area contributed by atoms with Gasteiger partial charge in [0.2, 0.25) is 0 Å². The Kier molecular flexibility index (Phi) is 4.87. The second-order valence-corrected chi connectivity index (χ2v) is 5.06. The lowest BCUT2D eigenvalue weighted by Gasteiger charge is -2.30. The number of carboxylic acid groups (broad SMARTS) is 1. The minimum Gasteiger partial charge on any atom is -0.478 e. The highest BCUT2D eigenvalue weighted by Crippen LogP contribution is 2.17. The predicted octanol–water partition coefficient (Wildman–Crippen LogP) is 1.88. The first kappa shape index (κ1) is 14.7. The van der Waals surface area contributed by atoms with Gasteiger partial charge in [0.1, 0.15) is 5.82 Å². The zero-order valence-electron chi connectivity index (χ0n) is 11.1. The van der Waals surface area contributed by atoms with E-state index in [1.807, 2.05) is 0 Å². The van der Waals surface area contributed by atoms with Gasteiger partial charge in [-0.05, 0) is 43.2 Å². The molecule has 0 spiro atoms. The van der Waals surface area contributed by atoms with Crippen molar-refractivity contribution >= 4 is 12.0 Å². The topological polar surface area (TPSA) is 60.8 Å². The average molecular weight is 279 g/mol. The molecule has 0 radical (unpaired) electrons. The first-order valence-electron chi connectivity index (χ1n) is 6.64. The Bertz CT molecular complexity index is 516. The van der Waals surface area contributed by atoms with Crippen LogP contribution in [-0.4, -0.2) is 40.3 Å². The number of likely N-dealkylation sites (tertiary alicyclic amines) is 1. The molecule has 0 amide bonds. The van der Waals surface area contributed by atoms with Crippen LogP contribution < -0.4 is 0 Å². The van der Waals surface area contributed by atoms with E-state index in [-0.39, 0.29) is 11.7 Å². The van der Waals surface area contributed by atoms with Gasteiger partial charge in [-0.2, -0.15) is 0 Å². The van der Waals surface area contributed by atoms with Crippen LogP contribution in [0.4, 0.5) is 4.39 Å². The van der Waals surface area contributed by atoms with E-state index < -0.39 is 11.8 Å². The largest absolute Gasteiger partial charge is 0.478 e. The third-order valence-corrected chi connectivity index (χ3v) is 3.35. The molecule has 1 aromatic carbocycles. The average Bonchev–Trinajstić information content (AvgIpc) is 2.39. The number of nitrogens with zero attached hydrogens (tertiary/aromatic N) is 1. The SMILES string of the molecule is O=C(O)C=Cc1cc(CN2CCCC(O)C2)ccc1F. The Labute approximate surface area is 117 Å². The van der Waals surface area contributed by atoms with E-state index >= 15 is 0 Å². The van der Waals surface area contributed by atoms with Gasteiger partial charge in [-0.3, -0.25) is 4.90 Å². The van der Waals surface area contributed by atoms with E-state index in [0.717, 1.165) is 31.0 Å². The van der Waals surface area contributed by atoms with Crippen LogP contribution in [0.25, 0.3) is 6.08 Å². The van der Waals surface area contributed by atoms with Crippen molar-refractivity contribution in [2.24, 2.45) is 0 Å². The summed E-state index contributed by atoms with van der Waals surface area (Å²) in [5.74, 6) is -1.54. The summed E-state index contributed by atoms with van der Waals surface area (Å²) in [7, 11) is 0. The Morgan fingerprint density at radius 1 is 1.50 bits per heavy atom. The van der Waals surface area contributed by atoms with Crippen LogP contribution in [0.15, 0.2) is 24.3 Å². The number of aliphatic carboxylic acids is 1. The lowest BCUT2D eigenvalue weighted by molar-refractivity contribution is -0.131. The molecule has 2 N–H and O–H groups in total. The number of hydrogen-bond donors (Lipinski definition) is 2. The Balaban J connectivity index is 2.08. The molecular formula is C15H18FNO3. The van der Waals surface area contributed by atoms with E-state index in [9.17, 15) is 14.3 Å². The molecule has 1 aliphatic rings. The van der Waals surface area contributed by atoms with Crippen molar-refractivity contribution in [2.45, 2.75) is 25.5 Å². The van der Waals surface area contributed by atoms with Gasteiger partial charge in [0.15, 0.2) is 0 Å². The number of benzene rings is 1. The van der Waals surface area contributed by atoms with Gasteiger partial charge < -0.3 is 10.2 Å². The van der Waals surface area contributed by atoms with Gasteiger partial charge >= 0.3 is 5.97 Å². The first-order valence-corrected chi connectivity index (χ1v) is 6.64. The molecule has 5 heteroatoms. The lowest BCUT2D eigenvalue weighted by Crippen LogP contribution is -2.37. The monoisotopic (exact) mass is 279 g/mol. The van der Waals surface area contributed by atoms with Crippen LogP contribution in [0, 0.1) is 5.82 Å². The third kappa shape index (κ3) is 4.15. The molecule has 1 aromatic rings. The fourth-order valence-electron chi connectivity index (χ4n) is 2.41. The molecule has 0 aromatic heterocycles. The number of rotatable bonds is 4. The van der Waals surface area contributed by atoms with Crippen LogP contribution >= 0.6 is 0 Å². The maximum Gasteiger partial charge on any atom is 0.328 e. The molecule has 1 heterocycles. The number of β-amino-alcohol motifs (C(OH)–C–C–N with tert-alkyl or cyclic N) is 1. The molecule has 1 aliphatic heterocycles. The summed E-state index contributed by atoms with van der Waals surface area (Å²) in [6.45, 7) is 2.16. The van der Waals surface area contributed by atoms with Crippen LogP contribution in [0.1, 0.15) is 24.0 Å². The van der Waals surface area contributed by atoms with Crippen molar-refractivity contribution in [2.75, 3.05) is 13.1 Å². The number of piperidine rings is 1. The van der Waals surface area contributed by atoms with Crippen LogP contribution in [0.5, 0.6) is 0 Å². The quantitative estimate of drug-likeness (QED) is 0.826. The molecule has 0 saturated carbocycles. The Hall–Kier alpha value is -1.72. The van der Waals surface area contributed by atoms with Crippen molar-refractivity contribution in [3.8, 4) is 0 Å². The number of carbonyl (C=O) groups is 1. The second-order valence-electron chi connectivity index (χ2n) is 5.06. The smallest absolute Gasteiger partial charge is 0.328 e. The Morgan fingerprint density at radius 3 is 3.00 bits per heavy atom. The zero-order chi connectivity index (χ0) is 14.5. The van der Waals surface area contributed by atoms with E-state index in [1.165, 1.54) is 12.1 Å². The summed E-state index contributed by atoms with van der Waals surface area (Å²) < 4.78 is 13.6. The number of halogens is 1. The standard InChI is InChI=1S/C15H18FNO3/c16-14-5-3-11(8-12(14)4-6-15(19)20)9-17-7-1-2-13(18)10-17/h3-6,8,13,18H,1-2,7,9-10H2,(H,19,20). The van der Waals surface area contributed by atoms with Gasteiger partial charge in [0.05, 0.1) is 6.10 Å². The van der Waals surface area contributed by atoms with Crippen molar-refractivity contribution < 1.29 is 19.4 Å². The molecule has 0 bridgehead atoms. The molecule has 1 unspecified atom stereocenters. The van der Waals surface area contributed by atoms with Gasteiger partial charge in [-0.1, -0.05) is 6.07 Å². The summed E-state index contributed by atoms with van der Waals surface area (Å²) >= 11 is 0. The van der Waals surface area contributed by atoms with E-state index in [2.05, 4.69) is 4.90 Å². The number of carboxylic acids is 1. The molecular weight excluding hydrogens is 261 g/mol. The summed E-state index contributed by atoms with van der Waals surface area (Å²) in [5, 5.41) is 18.2. The summed E-state index contributed by atoms with van der Waals surface area (Å²) in [6.07, 6.45) is 3.66. The van der Waals surface area contributed by atoms with Crippen molar-refractivity contribution in [1.29, 1.82) is 0 Å². The predicted molar refractivity (Wildman–Crippen MR) is 73.6 cm³/mol. The Morgan fingerprint density at radius 2 is 2.30 bits per heavy atom. The molecule has 1 fully saturated rings. The summed E-state index contributed by atoms with van der Waals surface area (Å²) in [6, 6.07) is 4.68. The van der Waals surface area contributed by atoms with Crippen molar-refractivity contribution in [3.05, 3.63) is 41.2 Å².